The summed E-state index contributed by atoms with van der Waals surface area (Å²) in [6.07, 6.45) is 42.9. The van der Waals surface area contributed by atoms with Gasteiger partial charge in [0.05, 0.1) is 60.5 Å². The smallest absolute Gasteiger partial charge is 0.481 e. The number of hydrogen-bond acceptors (Lipinski definition) is 13. The summed E-state index contributed by atoms with van der Waals surface area (Å²) in [7, 11) is 0. The summed E-state index contributed by atoms with van der Waals surface area (Å²) in [5.74, 6) is 3.69. The standard InChI is InChI=1S/C33H36N4O6.C32H56N8.C9H7BF2N2.C9H7N/c1-7-20-19(6)32(42)37-27(20)14-25-18(5)23(10-12-31(40)41)29(35-25)15-28-22(9-11-30(38)39)17(4)24(34-28)13-26-16(3)21(8-2)33(43)36-26;1-2-10-18-17(9-1)25-33-26(18)38-28-21-13-5-6-14-22(21)30(35-28)40-32-24-16-8-7-15-23(24)31(36-32)39-29-20-12-4-3-11-19(20)27(34-29)37-25;11-10(12)13-5-1-3-8(13)7-9-4-2-6-14(9)10;1-2-6-9-8(4-1)5-3-7-10-9/h7-8,13-14,34-35H,1-2,9-12,15H2,3-6H3,(H,36,43)(H,37,42)(H,38,39)(H,40,41);17-40H,1-16H2;1-7H;1-7H/b26-13-,27-14-;;;. The molecule has 8 atom stereocenters. The molecule has 4 saturated carbocycles. The van der Waals surface area contributed by atoms with Crippen LogP contribution >= 0.6 is 0 Å². The van der Waals surface area contributed by atoms with E-state index in [1.807, 2.05) is 63.4 Å². The Balaban J connectivity index is 0.000000130. The predicted octanol–water partition coefficient (Wildman–Crippen LogP) is 11.1. The number of para-hydroxylation sites is 1. The number of aromatic nitrogens is 4. The van der Waals surface area contributed by atoms with E-state index in [2.05, 4.69) is 93.4 Å². The second-order valence-electron chi connectivity index (χ2n) is 31.9. The van der Waals surface area contributed by atoms with Gasteiger partial charge in [0.15, 0.2) is 5.70 Å². The highest BCUT2D eigenvalue weighted by Crippen LogP contribution is 2.46. The van der Waals surface area contributed by atoms with Crippen molar-refractivity contribution in [2.45, 2.75) is 212 Å². The number of carboxylic acids is 2. The number of H-pyrrole nitrogens is 2. The third kappa shape index (κ3) is 15.0. The van der Waals surface area contributed by atoms with E-state index >= 15 is 0 Å². The summed E-state index contributed by atoms with van der Waals surface area (Å²) in [5, 5.41) is 59.6. The SMILES string of the molecule is C1CCC2C3NC(NC4NC(NC5NC(NC6NC(N3)C3CCCCC63)C3CCCCC53)C3CCCCC43)C2C1.C=CC1=C(C)/C(=C/c2[nH]c(Cc3[nH]c(/C=C4\NC(=O)C(C)=C4C=C)c(C)c3CCC(=O)O)c(CCC(=O)O)c2C)NC1=O.F[B-]1(F)n2cccc2C=C2C=CC=[N+]21.c1ccc2ncccc2c1. The van der Waals surface area contributed by atoms with E-state index in [1.165, 1.54) is 127 Å². The lowest BCUT2D eigenvalue weighted by Gasteiger charge is -2.35. The van der Waals surface area contributed by atoms with Gasteiger partial charge in [0, 0.05) is 100.0 Å². The maximum Gasteiger partial charge on any atom is 0.736 e. The zero-order chi connectivity index (χ0) is 74.4. The number of pyridine rings is 1. The number of rotatable bonds is 12. The molecule has 4 aromatic heterocycles. The predicted molar refractivity (Wildman–Crippen MR) is 414 cm³/mol. The molecule has 24 heteroatoms. The van der Waals surface area contributed by atoms with Crippen LogP contribution in [0.25, 0.3) is 29.1 Å². The molecule has 5 saturated heterocycles. The highest BCUT2D eigenvalue weighted by molar-refractivity contribution is 6.57. The van der Waals surface area contributed by atoms with Gasteiger partial charge in [-0.1, -0.05) is 101 Å². The molecule has 18 rings (SSSR count). The van der Waals surface area contributed by atoms with Gasteiger partial charge in [-0.05, 0) is 210 Å². The monoisotopic (exact) mass is 1460 g/mol. The van der Waals surface area contributed by atoms with Crippen molar-refractivity contribution in [3.63, 3.8) is 0 Å². The quantitative estimate of drug-likeness (QED) is 0.0517. The van der Waals surface area contributed by atoms with Crippen molar-refractivity contribution in [3.8, 4) is 0 Å². The van der Waals surface area contributed by atoms with Crippen molar-refractivity contribution in [2.75, 3.05) is 0 Å². The number of nitrogens with zero attached hydrogens (tertiary/aromatic N) is 3. The van der Waals surface area contributed by atoms with Crippen molar-refractivity contribution in [1.82, 2.24) is 72.6 Å². The molecule has 4 aliphatic carbocycles. The number of aromatic amines is 2. The number of hydrogen-bond donors (Lipinski definition) is 14. The molecule has 566 valence electrons. The van der Waals surface area contributed by atoms with Gasteiger partial charge < -0.3 is 48.4 Å². The van der Waals surface area contributed by atoms with Gasteiger partial charge >= 0.3 is 18.9 Å². The van der Waals surface area contributed by atoms with Crippen LogP contribution in [0.4, 0.5) is 8.63 Å². The Bertz CT molecular complexity index is 4230. The van der Waals surface area contributed by atoms with Gasteiger partial charge in [0.25, 0.3) is 11.8 Å². The normalized spacial score (nSPS) is 32.0. The molecule has 107 heavy (non-hydrogen) atoms. The minimum atomic E-state index is -3.68. The Labute approximate surface area is 625 Å². The second kappa shape index (κ2) is 31.6. The number of carboxylic acid groups (broad SMARTS) is 2. The van der Waals surface area contributed by atoms with Crippen LogP contribution in [0.15, 0.2) is 138 Å². The fourth-order valence-corrected chi connectivity index (χ4v) is 20.5. The topological polar surface area (TPSA) is 281 Å². The number of halogens is 2. The van der Waals surface area contributed by atoms with E-state index in [4.69, 9.17) is 0 Å². The number of amides is 2. The largest absolute Gasteiger partial charge is 0.736 e. The summed E-state index contributed by atoms with van der Waals surface area (Å²) >= 11 is 0. The second-order valence-corrected chi connectivity index (χ2v) is 31.9. The minimum absolute atomic E-state index is 0.0688. The number of benzene rings is 1. The minimum Gasteiger partial charge on any atom is -0.481 e. The van der Waals surface area contributed by atoms with E-state index in [1.54, 1.807) is 43.4 Å². The highest BCUT2D eigenvalue weighted by atomic mass is 19.2. The number of carbonyl (C=O) groups is 4. The molecule has 8 unspecified atom stereocenters. The maximum absolute atomic E-state index is 13.8. The Kier molecular flexibility index (Phi) is 21.9. The molecule has 9 fully saturated rings. The number of carbonyl (C=O) groups excluding carboxylic acids is 2. The Morgan fingerprint density at radius 1 is 0.561 bits per heavy atom. The van der Waals surface area contributed by atoms with Crippen molar-refractivity contribution < 1.29 is 42.5 Å². The first kappa shape index (κ1) is 74.0. The zero-order valence-electron chi connectivity index (χ0n) is 62.1. The van der Waals surface area contributed by atoms with Gasteiger partial charge in [0.2, 0.25) is 0 Å². The first-order valence-electron chi connectivity index (χ1n) is 39.5. The first-order valence-corrected chi connectivity index (χ1v) is 39.5. The van der Waals surface area contributed by atoms with Gasteiger partial charge in [-0.3, -0.25) is 66.7 Å². The summed E-state index contributed by atoms with van der Waals surface area (Å²) in [5.41, 5.74) is 12.4. The van der Waals surface area contributed by atoms with Crippen LogP contribution in [-0.4, -0.2) is 120 Å². The number of aliphatic carboxylic acids is 2. The lowest BCUT2D eigenvalue weighted by Crippen LogP contribution is -2.61. The van der Waals surface area contributed by atoms with Crippen LogP contribution in [0.1, 0.15) is 180 Å². The van der Waals surface area contributed by atoms with Crippen molar-refractivity contribution in [3.05, 3.63) is 188 Å². The van der Waals surface area contributed by atoms with E-state index < -0.39 is 18.9 Å². The summed E-state index contributed by atoms with van der Waals surface area (Å²) in [6, 6.07) is 15.4. The molecule has 0 radical (unpaired) electrons. The molecule has 0 spiro atoms. The molecular weight excluding hydrogens is 1350 g/mol. The molecule has 14 N–H and O–H groups in total. The molecule has 21 nitrogen and oxygen atoms in total. The van der Waals surface area contributed by atoms with Crippen molar-refractivity contribution >= 4 is 66.1 Å². The van der Waals surface area contributed by atoms with Gasteiger partial charge in [-0.15, -0.1) is 0 Å². The Morgan fingerprint density at radius 2 is 0.981 bits per heavy atom. The fraction of sp³-hybridized carbons (Fsp3) is 0.494. The van der Waals surface area contributed by atoms with E-state index in [0.29, 0.717) is 95.3 Å². The highest BCUT2D eigenvalue weighted by Gasteiger charge is 2.55. The number of allylic oxidation sites excluding steroid dienone is 4. The number of fused-ring (bicyclic) bond motifs is 23. The van der Waals surface area contributed by atoms with Crippen LogP contribution < -0.4 is 53.2 Å². The average molecular weight is 1460 g/mol. The molecule has 9 aliphatic heterocycles. The fourth-order valence-electron chi connectivity index (χ4n) is 20.5. The summed E-state index contributed by atoms with van der Waals surface area (Å²) in [6.45, 7) is 11.2. The van der Waals surface area contributed by atoms with Crippen LogP contribution in [0.3, 0.4) is 0 Å². The van der Waals surface area contributed by atoms with Gasteiger partial charge in [-0.25, -0.2) is 0 Å². The third-order valence-electron chi connectivity index (χ3n) is 26.0. The van der Waals surface area contributed by atoms with Crippen LogP contribution in [0.5, 0.6) is 0 Å². The molecule has 5 aromatic rings. The van der Waals surface area contributed by atoms with E-state index in [9.17, 15) is 38.0 Å². The van der Waals surface area contributed by atoms with Crippen LogP contribution in [0, 0.1) is 61.2 Å². The van der Waals surface area contributed by atoms with Gasteiger partial charge in [0.1, 0.15) is 6.21 Å². The summed E-state index contributed by atoms with van der Waals surface area (Å²) in [4.78, 5) is 58.7. The van der Waals surface area contributed by atoms with E-state index in [0.717, 1.165) is 112 Å². The molecule has 13 heterocycles. The molecule has 2 amide bonds. The Hall–Kier alpha value is -8.46. The molecular formula is C83H106BF2N15O6. The van der Waals surface area contributed by atoms with Gasteiger partial charge in [-0.2, -0.15) is 0 Å². The third-order valence-corrected chi connectivity index (χ3v) is 26.0. The summed E-state index contributed by atoms with van der Waals surface area (Å²) < 4.78 is 29.7. The maximum atomic E-state index is 13.8. The Morgan fingerprint density at radius 3 is 1.40 bits per heavy atom. The molecule has 13 aliphatic rings. The van der Waals surface area contributed by atoms with Crippen LogP contribution in [-0.2, 0) is 38.4 Å². The van der Waals surface area contributed by atoms with Crippen molar-refractivity contribution in [1.29, 1.82) is 0 Å². The zero-order valence-corrected chi connectivity index (χ0v) is 62.1. The molecule has 8 bridgehead atoms. The van der Waals surface area contributed by atoms with Crippen LogP contribution in [0.2, 0.25) is 0 Å². The van der Waals surface area contributed by atoms with Crippen molar-refractivity contribution in [2.24, 2.45) is 47.3 Å². The lowest BCUT2D eigenvalue weighted by atomic mass is 9.76. The van der Waals surface area contributed by atoms with E-state index in [-0.39, 0.29) is 37.5 Å². The number of nitrogens with one attached hydrogen (secondary N) is 12. The first-order chi connectivity index (χ1) is 51.8. The average Bonchev–Trinajstić information content (AvgIpc) is 1.64. The molecule has 1 aromatic carbocycles. The lowest BCUT2D eigenvalue weighted by molar-refractivity contribution is -0.355.